The average Bonchev–Trinajstić information content (AvgIpc) is 2.70. The third-order valence-corrected chi connectivity index (χ3v) is 6.54. The summed E-state index contributed by atoms with van der Waals surface area (Å²) in [5, 5.41) is -4.35. The van der Waals surface area contributed by atoms with Gasteiger partial charge in [0.2, 0.25) is 0 Å². The van der Waals surface area contributed by atoms with E-state index < -0.39 is 81.6 Å². The summed E-state index contributed by atoms with van der Waals surface area (Å²) in [6, 6.07) is -7.98. The molecule has 4 fully saturated rings. The Morgan fingerprint density at radius 1 is 0.421 bits per heavy atom. The molecule has 25 heteroatoms. The molecule has 0 unspecified atom stereocenters. The zero-order chi connectivity index (χ0) is 30.8. The summed E-state index contributed by atoms with van der Waals surface area (Å²) < 4.78 is 324. The van der Waals surface area contributed by atoms with Crippen molar-refractivity contribution in [3.8, 4) is 0 Å². The molecule has 4 aliphatic carbocycles. The number of hydrogen-bond acceptors (Lipinski definition) is 2. The second-order valence-electron chi connectivity index (χ2n) is 8.08. The van der Waals surface area contributed by atoms with Crippen molar-refractivity contribution in [2.45, 2.75) is 76.2 Å². The second-order valence-corrected chi connectivity index (χ2v) is 8.08. The molecule has 0 heterocycles. The first-order valence-corrected chi connectivity index (χ1v) is 8.44. The number of nitrogens with zero attached hydrogens (tertiary/aromatic N) is 1. The lowest BCUT2D eigenvalue weighted by atomic mass is 9.37. The highest BCUT2D eigenvalue weighted by Crippen LogP contribution is 2.90. The van der Waals surface area contributed by atoms with Crippen LogP contribution in [0.5, 0.6) is 0 Å². The van der Waals surface area contributed by atoms with Gasteiger partial charge in [-0.3, -0.25) is 4.74 Å². The fourth-order valence-corrected chi connectivity index (χ4v) is 4.83. The van der Waals surface area contributed by atoms with Crippen LogP contribution >= 0.6 is 0 Å². The molecular weight excluding hydrogens is 623 g/mol. The van der Waals surface area contributed by atoms with Crippen LogP contribution in [0.25, 0.3) is 0 Å². The molecule has 2 nitrogen and oxygen atoms in total. The first-order valence-electron chi connectivity index (χ1n) is 8.44. The molecule has 224 valence electrons. The Bertz CT molecular complexity index is 954. The molecule has 0 radical (unpaired) electrons. The van der Waals surface area contributed by atoms with Gasteiger partial charge >= 0.3 is 59.3 Å². The molecule has 4 saturated carbocycles. The Balaban J connectivity index is 2.75. The minimum absolute atomic E-state index is 1.32. The summed E-state index contributed by atoms with van der Waals surface area (Å²) in [6.07, 6.45) is -17.4. The Hall–Kier alpha value is -1.69. The van der Waals surface area contributed by atoms with Crippen LogP contribution in [-0.2, 0) is 4.74 Å². The lowest BCUT2D eigenvalue weighted by Crippen LogP contribution is -3.11. The average molecular weight is 623 g/mol. The number of alkyl halides is 21. The summed E-state index contributed by atoms with van der Waals surface area (Å²) in [5.41, 5.74) is -44.4. The highest BCUT2D eigenvalue weighted by atomic mass is 19.4. The van der Waals surface area contributed by atoms with E-state index in [0.717, 1.165) is 0 Å². The minimum atomic E-state index is -9.14. The minimum Gasteiger partial charge on any atom is -0.290 e. The van der Waals surface area contributed by atoms with Crippen LogP contribution in [0.2, 0.25) is 0 Å². The molecule has 4 rings (SSSR count). The van der Waals surface area contributed by atoms with Gasteiger partial charge in [-0.25, -0.2) is 17.6 Å². The molecule has 0 aromatic rings. The van der Waals surface area contributed by atoms with E-state index in [-0.39, 0.29) is 0 Å². The summed E-state index contributed by atoms with van der Waals surface area (Å²) in [4.78, 5) is 0. The van der Waals surface area contributed by atoms with Crippen molar-refractivity contribution < 1.29 is 106 Å². The van der Waals surface area contributed by atoms with Crippen LogP contribution in [0.15, 0.2) is 0 Å². The largest absolute Gasteiger partial charge is 0.447 e. The maximum Gasteiger partial charge on any atom is 0.447 e. The van der Waals surface area contributed by atoms with Crippen LogP contribution in [0.3, 0.4) is 0 Å². The quantitative estimate of drug-likeness (QED) is 0.199. The Labute approximate surface area is 189 Å². The van der Waals surface area contributed by atoms with Crippen molar-refractivity contribution >= 4 is 0 Å². The van der Waals surface area contributed by atoms with E-state index in [1.54, 1.807) is 0 Å². The zero-order valence-corrected chi connectivity index (χ0v) is 16.0. The highest BCUT2D eigenvalue weighted by molar-refractivity contribution is 5.56. The van der Waals surface area contributed by atoms with Gasteiger partial charge in [0.05, 0.1) is 0 Å². The van der Waals surface area contributed by atoms with Crippen molar-refractivity contribution in [2.24, 2.45) is 0 Å². The van der Waals surface area contributed by atoms with Gasteiger partial charge in [0.15, 0.2) is 0 Å². The first-order chi connectivity index (χ1) is 16.2. The van der Waals surface area contributed by atoms with E-state index in [1.807, 2.05) is 0 Å². The molecule has 0 amide bonds. The summed E-state index contributed by atoms with van der Waals surface area (Å²) in [7, 11) is 0. The van der Waals surface area contributed by atoms with Gasteiger partial charge in [-0.2, -0.15) is 74.6 Å². The summed E-state index contributed by atoms with van der Waals surface area (Å²) in [6.45, 7) is 0. The van der Waals surface area contributed by atoms with Crippen LogP contribution < -0.4 is 0 Å². The lowest BCUT2D eigenvalue weighted by molar-refractivity contribution is -0.637. The van der Waals surface area contributed by atoms with Crippen molar-refractivity contribution in [1.29, 1.82) is 0 Å². The monoisotopic (exact) mass is 623 g/mol. The predicted octanol–water partition coefficient (Wildman–Crippen LogP) is 6.61. The van der Waals surface area contributed by atoms with Gasteiger partial charge in [-0.1, -0.05) is 8.96 Å². The lowest BCUT2D eigenvalue weighted by Gasteiger charge is -2.76. The molecule has 38 heavy (non-hydrogen) atoms. The van der Waals surface area contributed by atoms with E-state index >= 15 is 8.78 Å². The Morgan fingerprint density at radius 3 is 0.868 bits per heavy atom. The smallest absolute Gasteiger partial charge is 0.290 e. The van der Waals surface area contributed by atoms with E-state index in [9.17, 15) is 92.4 Å². The van der Waals surface area contributed by atoms with E-state index in [1.165, 1.54) is 4.74 Å². The number of rotatable bonds is 4. The SMILES string of the molecule is FN(F)C(F)(F)C(F)(F)OC1(C(F)(F)F)C2(F)C(F)(F)C3(F)C(F)(F)C(F)(C2(F)F)C(F)(F)C1(F)C3(F)F. The fourth-order valence-electron chi connectivity index (χ4n) is 4.83. The molecule has 0 aliphatic heterocycles. The molecular formula is C13F23NO. The van der Waals surface area contributed by atoms with Gasteiger partial charge in [-0.15, -0.1) is 0 Å². The van der Waals surface area contributed by atoms with Gasteiger partial charge in [0.25, 0.3) is 16.9 Å². The maximum atomic E-state index is 15.3. The van der Waals surface area contributed by atoms with Gasteiger partial charge < -0.3 is 0 Å². The zero-order valence-electron chi connectivity index (χ0n) is 16.0. The van der Waals surface area contributed by atoms with Crippen LogP contribution in [0.1, 0.15) is 0 Å². The molecule has 0 N–H and O–H groups in total. The Morgan fingerprint density at radius 2 is 0.658 bits per heavy atom. The van der Waals surface area contributed by atoms with Crippen molar-refractivity contribution in [1.82, 2.24) is 5.34 Å². The number of hydrogen-bond donors (Lipinski definition) is 0. The van der Waals surface area contributed by atoms with Gasteiger partial charge in [-0.05, 0) is 0 Å². The third-order valence-electron chi connectivity index (χ3n) is 6.54. The maximum absolute atomic E-state index is 15.3. The normalized spacial score (nSPS) is 44.5. The fraction of sp³-hybridized carbons (Fsp3) is 1.00. The van der Waals surface area contributed by atoms with Crippen molar-refractivity contribution in [2.75, 3.05) is 0 Å². The van der Waals surface area contributed by atoms with Gasteiger partial charge in [0.1, 0.15) is 5.34 Å². The predicted molar refractivity (Wildman–Crippen MR) is 63.9 cm³/mol. The number of ether oxygens (including phenoxy) is 1. The summed E-state index contributed by atoms with van der Waals surface area (Å²) in [5.74, 6) is -44.1. The number of halogens is 23. The molecule has 4 bridgehead atoms. The second kappa shape index (κ2) is 6.44. The molecule has 4 aliphatic rings. The van der Waals surface area contributed by atoms with Crippen molar-refractivity contribution in [3.05, 3.63) is 0 Å². The first kappa shape index (κ1) is 30.8. The van der Waals surface area contributed by atoms with E-state index in [4.69, 9.17) is 0 Å². The third kappa shape index (κ3) is 2.05. The van der Waals surface area contributed by atoms with Crippen LogP contribution in [0.4, 0.5) is 101 Å². The molecule has 0 aromatic heterocycles. The molecule has 0 saturated heterocycles. The highest BCUT2D eigenvalue weighted by Gasteiger charge is 3.25. The van der Waals surface area contributed by atoms with Gasteiger partial charge in [0, 0.05) is 0 Å². The van der Waals surface area contributed by atoms with Crippen molar-refractivity contribution in [3.63, 3.8) is 0 Å². The Kier molecular flexibility index (Phi) is 5.23. The molecule has 0 spiro atoms. The molecule has 0 atom stereocenters. The summed E-state index contributed by atoms with van der Waals surface area (Å²) >= 11 is 0. The van der Waals surface area contributed by atoms with Crippen LogP contribution in [-0.4, -0.2) is 81.6 Å². The topological polar surface area (TPSA) is 12.5 Å². The molecule has 0 aromatic carbocycles. The van der Waals surface area contributed by atoms with Crippen LogP contribution in [0, 0.1) is 0 Å². The van der Waals surface area contributed by atoms with E-state index in [0.29, 0.717) is 0 Å². The van der Waals surface area contributed by atoms with E-state index in [2.05, 4.69) is 0 Å². The standard InChI is InChI=1S/C13F23NO/c14-1-5(11(28,29)30,38-13(33,34)12(31,32)37(35)36)2(15)8(22,23)3(16,6(1,18)19)10(26,27)4(17,7(1,20)21)9(2,24)25.